The van der Waals surface area contributed by atoms with Crippen molar-refractivity contribution in [1.29, 1.82) is 0 Å². The molecule has 4 heterocycles. The number of hydrazine groups is 4. The molecule has 0 radical (unpaired) electrons. The van der Waals surface area contributed by atoms with E-state index in [2.05, 4.69) is 63.3 Å². The van der Waals surface area contributed by atoms with Crippen LogP contribution in [0.1, 0.15) is 23.0 Å². The molecule has 44 heavy (non-hydrogen) atoms. The molecule has 5 rings (SSSR count). The summed E-state index contributed by atoms with van der Waals surface area (Å²) in [7, 11) is 0. The molecule has 1 aliphatic rings. The number of pyridine rings is 4. The van der Waals surface area contributed by atoms with Crippen LogP contribution in [0.2, 0.25) is 0 Å². The average molecular weight is 597 g/mol. The Morgan fingerprint density at radius 1 is 0.432 bits per heavy atom. The first-order valence-corrected chi connectivity index (χ1v) is 13.3. The summed E-state index contributed by atoms with van der Waals surface area (Å²) in [6, 6.07) is 12.0. The van der Waals surface area contributed by atoms with Crippen molar-refractivity contribution in [2.45, 2.75) is 11.8 Å². The molecule has 224 valence electrons. The van der Waals surface area contributed by atoms with Gasteiger partial charge in [-0.1, -0.05) is 0 Å². The summed E-state index contributed by atoms with van der Waals surface area (Å²) in [6.45, 7) is 0. The van der Waals surface area contributed by atoms with Gasteiger partial charge in [-0.3, -0.25) is 62.1 Å². The Kier molecular flexibility index (Phi) is 9.31. The maximum absolute atomic E-state index is 13.6. The molecule has 0 saturated heterocycles. The van der Waals surface area contributed by atoms with E-state index >= 15 is 0 Å². The molecule has 4 aromatic rings. The molecule has 1 aliphatic carbocycles. The third-order valence-electron chi connectivity index (χ3n) is 6.93. The summed E-state index contributed by atoms with van der Waals surface area (Å²) in [4.78, 5) is 67.8. The number of carbonyl (C=O) groups is 4. The Morgan fingerprint density at radius 3 is 1.09 bits per heavy atom. The lowest BCUT2D eigenvalue weighted by Gasteiger charge is -2.50. The van der Waals surface area contributed by atoms with Crippen LogP contribution in [0, 0.1) is 11.8 Å². The Balaban J connectivity index is 1.29. The second-order valence-electron chi connectivity index (χ2n) is 9.52. The van der Waals surface area contributed by atoms with Crippen LogP contribution in [0.3, 0.4) is 0 Å². The predicted molar refractivity (Wildman–Crippen MR) is 156 cm³/mol. The Morgan fingerprint density at radius 2 is 0.750 bits per heavy atom. The van der Waals surface area contributed by atoms with Gasteiger partial charge in [-0.2, -0.15) is 0 Å². The summed E-state index contributed by atoms with van der Waals surface area (Å²) in [5.74, 6) is -3.88. The highest BCUT2D eigenvalue weighted by Gasteiger charge is 2.58. The monoisotopic (exact) mass is 596 g/mol. The molecule has 1 fully saturated rings. The Bertz CT molecular complexity index is 1440. The van der Waals surface area contributed by atoms with Crippen LogP contribution in [-0.4, -0.2) is 43.8 Å². The second-order valence-corrected chi connectivity index (χ2v) is 9.52. The van der Waals surface area contributed by atoms with E-state index in [1.54, 1.807) is 98.1 Å². The van der Waals surface area contributed by atoms with Gasteiger partial charge in [0.1, 0.15) is 0 Å². The predicted octanol–water partition coefficient (Wildman–Crippen LogP) is 1.10. The van der Waals surface area contributed by atoms with Crippen molar-refractivity contribution < 1.29 is 19.2 Å². The van der Waals surface area contributed by atoms with E-state index in [4.69, 9.17) is 0 Å². The lowest BCUT2D eigenvalue weighted by atomic mass is 9.52. The van der Waals surface area contributed by atoms with Gasteiger partial charge in [-0.05, 0) is 59.7 Å². The third-order valence-corrected chi connectivity index (χ3v) is 6.93. The minimum atomic E-state index is -0.786. The van der Waals surface area contributed by atoms with Gasteiger partial charge in [0.05, 0.1) is 23.2 Å². The first kappa shape index (κ1) is 29.2. The lowest BCUT2D eigenvalue weighted by molar-refractivity contribution is -0.141. The van der Waals surface area contributed by atoms with E-state index in [9.17, 15) is 19.2 Å². The summed E-state index contributed by atoms with van der Waals surface area (Å²) >= 11 is 0. The zero-order valence-corrected chi connectivity index (χ0v) is 23.0. The highest BCUT2D eigenvalue weighted by molar-refractivity contribution is 5.92. The molecule has 0 spiro atoms. The summed E-state index contributed by atoms with van der Waals surface area (Å²) < 4.78 is 0. The SMILES string of the molecule is O=C(NNC(=O)C1C(c2ccncc2)C(C(=O)NNC(=O)NNc2ccncc2)C1c1ccncc1)NNc1ccncc1. The fourth-order valence-electron chi connectivity index (χ4n) is 5.00. The first-order chi connectivity index (χ1) is 21.5. The van der Waals surface area contributed by atoms with Crippen molar-refractivity contribution in [2.75, 3.05) is 10.9 Å². The number of urea groups is 2. The van der Waals surface area contributed by atoms with Gasteiger partial charge in [0, 0.05) is 61.4 Å². The van der Waals surface area contributed by atoms with Crippen LogP contribution in [-0.2, 0) is 9.59 Å². The van der Waals surface area contributed by atoms with Crippen molar-refractivity contribution in [1.82, 2.24) is 52.5 Å². The number of carbonyl (C=O) groups excluding carboxylic acids is 4. The number of nitrogens with zero attached hydrogens (tertiary/aromatic N) is 4. The molecule has 16 nitrogen and oxygen atoms in total. The van der Waals surface area contributed by atoms with Crippen LogP contribution in [0.4, 0.5) is 21.0 Å². The Labute approximate surface area is 250 Å². The van der Waals surface area contributed by atoms with Crippen molar-refractivity contribution in [3.63, 3.8) is 0 Å². The molecule has 0 unspecified atom stereocenters. The van der Waals surface area contributed by atoms with E-state index in [0.717, 1.165) is 0 Å². The third kappa shape index (κ3) is 7.11. The zero-order chi connectivity index (χ0) is 30.7. The number of amides is 6. The van der Waals surface area contributed by atoms with Crippen molar-refractivity contribution in [3.05, 3.63) is 109 Å². The first-order valence-electron chi connectivity index (χ1n) is 13.3. The normalized spacial score (nSPS) is 18.4. The largest absolute Gasteiger partial charge is 0.352 e. The molecule has 0 atom stereocenters. The van der Waals surface area contributed by atoms with Crippen molar-refractivity contribution >= 4 is 35.3 Å². The van der Waals surface area contributed by atoms with Gasteiger partial charge in [0.2, 0.25) is 11.8 Å². The van der Waals surface area contributed by atoms with E-state index in [1.807, 2.05) is 0 Å². The maximum atomic E-state index is 13.6. The van der Waals surface area contributed by atoms with Crippen LogP contribution in [0.5, 0.6) is 0 Å². The maximum Gasteiger partial charge on any atom is 0.352 e. The highest BCUT2D eigenvalue weighted by Crippen LogP contribution is 2.57. The molecular formula is C28H28N12O4. The van der Waals surface area contributed by atoms with Gasteiger partial charge in [0.25, 0.3) is 0 Å². The number of aromatic nitrogens is 4. The summed E-state index contributed by atoms with van der Waals surface area (Å²) in [6.07, 6.45) is 12.4. The molecule has 16 heteroatoms. The average Bonchev–Trinajstić information content (AvgIpc) is 3.06. The topological polar surface area (TPSA) is 216 Å². The smallest absolute Gasteiger partial charge is 0.297 e. The van der Waals surface area contributed by atoms with Gasteiger partial charge in [0.15, 0.2) is 0 Å². The number of hydrogen-bond donors (Lipinski definition) is 8. The number of rotatable bonds is 8. The molecule has 0 aliphatic heterocycles. The Hall–Kier alpha value is -6.32. The molecule has 8 N–H and O–H groups in total. The summed E-state index contributed by atoms with van der Waals surface area (Å²) in [5, 5.41) is 0. The fraction of sp³-hybridized carbons (Fsp3) is 0.143. The number of hydrogen-bond acceptors (Lipinski definition) is 10. The molecule has 6 amide bonds. The van der Waals surface area contributed by atoms with Gasteiger partial charge >= 0.3 is 12.1 Å². The van der Waals surface area contributed by atoms with Crippen LogP contribution < -0.4 is 43.4 Å². The van der Waals surface area contributed by atoms with Crippen LogP contribution >= 0.6 is 0 Å². The molecule has 0 bridgehead atoms. The molecule has 1 saturated carbocycles. The van der Waals surface area contributed by atoms with Gasteiger partial charge in [-0.15, -0.1) is 0 Å². The zero-order valence-electron chi connectivity index (χ0n) is 23.0. The minimum Gasteiger partial charge on any atom is -0.297 e. The van der Waals surface area contributed by atoms with E-state index in [-0.39, 0.29) is 0 Å². The van der Waals surface area contributed by atoms with Crippen molar-refractivity contribution in [3.8, 4) is 0 Å². The number of anilines is 2. The van der Waals surface area contributed by atoms with Crippen molar-refractivity contribution in [2.24, 2.45) is 11.8 Å². The summed E-state index contributed by atoms with van der Waals surface area (Å²) in [5.41, 5.74) is 22.3. The molecule has 0 aromatic carbocycles. The van der Waals surface area contributed by atoms with Gasteiger partial charge in [-0.25, -0.2) is 20.4 Å². The molecule has 4 aromatic heterocycles. The number of nitrogens with one attached hydrogen (secondary N) is 8. The van der Waals surface area contributed by atoms with Gasteiger partial charge < -0.3 is 0 Å². The fourth-order valence-corrected chi connectivity index (χ4v) is 5.00. The van der Waals surface area contributed by atoms with Crippen LogP contribution in [0.25, 0.3) is 0 Å². The van der Waals surface area contributed by atoms with Crippen LogP contribution in [0.15, 0.2) is 98.1 Å². The van der Waals surface area contributed by atoms with E-state index < -0.39 is 47.5 Å². The standard InChI is InChI=1S/C28H28N12O4/c41-25(35-39-27(43)37-33-19-5-13-31-14-6-19)23-21(17-1-9-29-10-2-17)24(22(23)18-3-11-30-12-4-18)26(42)36-40-28(44)38-34-20-7-15-32-16-8-20/h1-16,21-24H,(H,31,33)(H,32,34)(H,35,41)(H,36,42)(H2,37,39,43)(H2,38,40,44). The second kappa shape index (κ2) is 14.0. The lowest BCUT2D eigenvalue weighted by Crippen LogP contribution is -2.61. The highest BCUT2D eigenvalue weighted by atomic mass is 16.2. The van der Waals surface area contributed by atoms with E-state index in [0.29, 0.717) is 22.5 Å². The quantitative estimate of drug-likeness (QED) is 0.135. The minimum absolute atomic E-state index is 0.524. The molecular weight excluding hydrogens is 568 g/mol. The van der Waals surface area contributed by atoms with E-state index in [1.165, 1.54) is 0 Å².